The second-order valence-corrected chi connectivity index (χ2v) is 8.47. The Morgan fingerprint density at radius 2 is 2.33 bits per heavy atom. The van der Waals surface area contributed by atoms with Crippen molar-refractivity contribution in [2.75, 3.05) is 0 Å². The fourth-order valence-electron chi connectivity index (χ4n) is 3.30. The molecule has 2 aromatic rings. The summed E-state index contributed by atoms with van der Waals surface area (Å²) in [6, 6.07) is 2.04. The number of carbonyl (C=O) groups is 1. The van der Waals surface area contributed by atoms with Crippen LogP contribution in [0.25, 0.3) is 0 Å². The number of thiophene rings is 1. The first-order valence-electron chi connectivity index (χ1n) is 8.19. The molecule has 4 heterocycles. The molecule has 24 heavy (non-hydrogen) atoms. The number of amides is 1. The molecule has 0 saturated carbocycles. The van der Waals surface area contributed by atoms with E-state index in [1.54, 1.807) is 22.7 Å². The highest BCUT2D eigenvalue weighted by Crippen LogP contribution is 2.35. The van der Waals surface area contributed by atoms with Crippen LogP contribution < -0.4 is 5.32 Å². The lowest BCUT2D eigenvalue weighted by Crippen LogP contribution is -2.38. The molecule has 126 valence electrons. The van der Waals surface area contributed by atoms with E-state index in [1.165, 1.54) is 10.4 Å². The van der Waals surface area contributed by atoms with E-state index in [-0.39, 0.29) is 30.1 Å². The van der Waals surface area contributed by atoms with Gasteiger partial charge in [0.25, 0.3) is 0 Å². The second-order valence-electron chi connectivity index (χ2n) is 6.46. The van der Waals surface area contributed by atoms with Crippen molar-refractivity contribution in [3.8, 4) is 0 Å². The topological polar surface area (TPSA) is 51.2 Å². The third-order valence-corrected chi connectivity index (χ3v) is 6.67. The summed E-state index contributed by atoms with van der Waals surface area (Å²) in [5.41, 5.74) is 2.28. The molecular weight excluding hydrogens is 340 g/mol. The highest BCUT2D eigenvalue weighted by molar-refractivity contribution is 7.11. The van der Waals surface area contributed by atoms with Crippen molar-refractivity contribution in [3.05, 3.63) is 50.1 Å². The van der Waals surface area contributed by atoms with Gasteiger partial charge >= 0.3 is 0 Å². The number of aromatic nitrogens is 1. The predicted octanol–water partition coefficient (Wildman–Crippen LogP) is 3.56. The number of hydrogen-bond donors (Lipinski definition) is 1. The second kappa shape index (κ2) is 6.43. The van der Waals surface area contributed by atoms with Gasteiger partial charge in [0.05, 0.1) is 29.9 Å². The van der Waals surface area contributed by atoms with Gasteiger partial charge in [-0.2, -0.15) is 11.3 Å². The first kappa shape index (κ1) is 16.0. The monoisotopic (exact) mass is 360 g/mol. The number of hydrogen-bond acceptors (Lipinski definition) is 5. The molecular formula is C18H20N2O2S2. The van der Waals surface area contributed by atoms with Gasteiger partial charge in [-0.1, -0.05) is 12.2 Å². The van der Waals surface area contributed by atoms with Crippen molar-refractivity contribution in [1.82, 2.24) is 10.3 Å². The van der Waals surface area contributed by atoms with Gasteiger partial charge in [-0.25, -0.2) is 4.98 Å². The van der Waals surface area contributed by atoms with E-state index >= 15 is 0 Å². The first-order chi connectivity index (χ1) is 11.6. The van der Waals surface area contributed by atoms with E-state index in [1.807, 2.05) is 13.0 Å². The minimum atomic E-state index is -0.0767. The van der Waals surface area contributed by atoms with Crippen molar-refractivity contribution in [1.29, 1.82) is 0 Å². The number of nitrogens with zero attached hydrogens (tertiary/aromatic N) is 1. The molecule has 2 aliphatic heterocycles. The van der Waals surface area contributed by atoms with E-state index in [4.69, 9.17) is 4.74 Å². The maximum Gasteiger partial charge on any atom is 0.226 e. The zero-order chi connectivity index (χ0) is 16.7. The molecule has 2 aliphatic rings. The lowest BCUT2D eigenvalue weighted by molar-refractivity contribution is -0.126. The molecule has 1 saturated heterocycles. The fraction of sp³-hybridized carbons (Fsp3) is 0.444. The van der Waals surface area contributed by atoms with Crippen molar-refractivity contribution in [2.24, 2.45) is 5.92 Å². The highest BCUT2D eigenvalue weighted by atomic mass is 32.1. The Bertz CT molecular complexity index is 747. The van der Waals surface area contributed by atoms with Crippen LogP contribution in [-0.4, -0.2) is 23.1 Å². The molecule has 0 aromatic carbocycles. The minimum Gasteiger partial charge on any atom is -0.366 e. The van der Waals surface area contributed by atoms with Gasteiger partial charge in [-0.05, 0) is 42.7 Å². The molecule has 2 bridgehead atoms. The van der Waals surface area contributed by atoms with Crippen LogP contribution >= 0.6 is 22.7 Å². The lowest BCUT2D eigenvalue weighted by atomic mass is 9.93. The van der Waals surface area contributed by atoms with E-state index in [2.05, 4.69) is 40.1 Å². The lowest BCUT2D eigenvalue weighted by Gasteiger charge is -2.21. The average molecular weight is 361 g/mol. The normalized spacial score (nSPS) is 26.0. The summed E-state index contributed by atoms with van der Waals surface area (Å²) in [6.45, 7) is 4.10. The summed E-state index contributed by atoms with van der Waals surface area (Å²) < 4.78 is 5.74. The Balaban J connectivity index is 1.53. The molecule has 0 spiro atoms. The maximum absolute atomic E-state index is 12.8. The summed E-state index contributed by atoms with van der Waals surface area (Å²) in [5.74, 6) is 0.00437. The third kappa shape index (κ3) is 3.06. The van der Waals surface area contributed by atoms with Gasteiger partial charge in [0.15, 0.2) is 0 Å². The van der Waals surface area contributed by atoms with Gasteiger partial charge in [0.2, 0.25) is 5.91 Å². The summed E-state index contributed by atoms with van der Waals surface area (Å²) in [7, 11) is 0. The van der Waals surface area contributed by atoms with Crippen LogP contribution in [0.15, 0.2) is 29.0 Å². The van der Waals surface area contributed by atoms with Gasteiger partial charge in [-0.3, -0.25) is 4.79 Å². The van der Waals surface area contributed by atoms with Crippen LogP contribution in [0.5, 0.6) is 0 Å². The molecule has 4 nitrogen and oxygen atoms in total. The van der Waals surface area contributed by atoms with E-state index in [0.29, 0.717) is 0 Å². The number of rotatable bonds is 5. The number of aryl methyl sites for hydroxylation is 2. The number of fused-ring (bicyclic) bond motifs is 2. The van der Waals surface area contributed by atoms with E-state index in [9.17, 15) is 4.79 Å². The number of nitrogens with one attached hydrogen (secondary N) is 1. The molecule has 6 heteroatoms. The van der Waals surface area contributed by atoms with Crippen molar-refractivity contribution >= 4 is 28.6 Å². The van der Waals surface area contributed by atoms with E-state index < -0.39 is 0 Å². The fourth-order valence-corrected chi connectivity index (χ4v) is 4.96. The van der Waals surface area contributed by atoms with Crippen molar-refractivity contribution < 1.29 is 9.53 Å². The number of thiazole rings is 1. The average Bonchev–Trinajstić information content (AvgIpc) is 3.33. The molecule has 2 aromatic heterocycles. The summed E-state index contributed by atoms with van der Waals surface area (Å²) in [6.07, 6.45) is 5.70. The van der Waals surface area contributed by atoms with Gasteiger partial charge in [-0.15, -0.1) is 11.3 Å². The number of ether oxygens (including phenoxy) is 1. The van der Waals surface area contributed by atoms with Crippen LogP contribution in [0.3, 0.4) is 0 Å². The van der Waals surface area contributed by atoms with Crippen LogP contribution in [0.4, 0.5) is 0 Å². The summed E-state index contributed by atoms with van der Waals surface area (Å²) in [4.78, 5) is 18.7. The highest BCUT2D eigenvalue weighted by Gasteiger charge is 2.41. The van der Waals surface area contributed by atoms with Crippen LogP contribution in [0.2, 0.25) is 0 Å². The van der Waals surface area contributed by atoms with Gasteiger partial charge in [0, 0.05) is 11.3 Å². The molecule has 4 rings (SSSR count). The molecule has 1 amide bonds. The molecule has 1 N–H and O–H groups in total. The predicted molar refractivity (Wildman–Crippen MR) is 96.4 cm³/mol. The minimum absolute atomic E-state index is 0.0587. The Kier molecular flexibility index (Phi) is 4.28. The third-order valence-electron chi connectivity index (χ3n) is 4.75. The quantitative estimate of drug-likeness (QED) is 0.830. The standard InChI is InChI=1S/C18H20N2O2S2/c1-10-11(2)24-18(19-10)15(7-12-5-6-23-9-12)20-17(21)14-8-13-3-4-16(14)22-13/h3-6,9,13-16H,7-8H2,1-2H3,(H,20,21)/t13-,14-,15-,16-/m0/s1. The maximum atomic E-state index is 12.8. The van der Waals surface area contributed by atoms with Crippen molar-refractivity contribution in [3.63, 3.8) is 0 Å². The Morgan fingerprint density at radius 1 is 1.46 bits per heavy atom. The smallest absolute Gasteiger partial charge is 0.226 e. The molecule has 4 atom stereocenters. The summed E-state index contributed by atoms with van der Waals surface area (Å²) >= 11 is 3.36. The first-order valence-corrected chi connectivity index (χ1v) is 9.95. The zero-order valence-corrected chi connectivity index (χ0v) is 15.3. The largest absolute Gasteiger partial charge is 0.366 e. The Labute approximate surface area is 149 Å². The molecule has 1 fully saturated rings. The van der Waals surface area contributed by atoms with Gasteiger partial charge < -0.3 is 10.1 Å². The van der Waals surface area contributed by atoms with Crippen LogP contribution in [0, 0.1) is 19.8 Å². The van der Waals surface area contributed by atoms with Crippen molar-refractivity contribution in [2.45, 2.75) is 44.9 Å². The van der Waals surface area contributed by atoms with Gasteiger partial charge in [0.1, 0.15) is 5.01 Å². The molecule has 0 unspecified atom stereocenters. The summed E-state index contributed by atoms with van der Waals surface area (Å²) in [5, 5.41) is 8.43. The zero-order valence-electron chi connectivity index (χ0n) is 13.7. The van der Waals surface area contributed by atoms with Crippen LogP contribution in [0.1, 0.15) is 33.6 Å². The SMILES string of the molecule is Cc1nc([C@H](Cc2ccsc2)NC(=O)[C@H]2C[C@@H]3C=C[C@@H]2O3)sc1C. The van der Waals surface area contributed by atoms with E-state index in [0.717, 1.165) is 23.5 Å². The molecule has 0 aliphatic carbocycles. The van der Waals surface area contributed by atoms with Crippen LogP contribution in [-0.2, 0) is 16.0 Å². The Morgan fingerprint density at radius 3 is 2.92 bits per heavy atom. The molecule has 0 radical (unpaired) electrons. The Hall–Kier alpha value is -1.50. The number of carbonyl (C=O) groups excluding carboxylic acids is 1.